The van der Waals surface area contributed by atoms with Gasteiger partial charge in [0.25, 0.3) is 0 Å². The van der Waals surface area contributed by atoms with Crippen molar-refractivity contribution in [3.8, 4) is 0 Å². The zero-order valence-corrected chi connectivity index (χ0v) is 11.7. The molecule has 96 valence electrons. The molecule has 0 radical (unpaired) electrons. The number of hydrogen-bond donors (Lipinski definition) is 2. The smallest absolute Gasteiger partial charge is 0.228 e. The average molecular weight is 262 g/mol. The molecule has 0 bridgehead atoms. The molecule has 2 rings (SSSR count). The molecular weight excluding hydrogens is 244 g/mol. The standard InChI is InChI=1S/C14H18N2OS/c1-9(8-18-3)14(17)16-13-10(2)15-12-7-5-4-6-11(12)13/h4-7,9,15H,8H2,1-3H3,(H,16,17). The second kappa shape index (κ2) is 5.48. The van der Waals surface area contributed by atoms with Crippen LogP contribution in [0.4, 0.5) is 5.69 Å². The molecule has 0 saturated carbocycles. The van der Waals surface area contributed by atoms with Gasteiger partial charge in [0, 0.05) is 28.3 Å². The molecule has 1 atom stereocenters. The molecule has 0 fully saturated rings. The molecule has 1 amide bonds. The highest BCUT2D eigenvalue weighted by atomic mass is 32.2. The number of benzene rings is 1. The quantitative estimate of drug-likeness (QED) is 0.887. The van der Waals surface area contributed by atoms with Gasteiger partial charge < -0.3 is 10.3 Å². The Labute approximate surface area is 111 Å². The lowest BCUT2D eigenvalue weighted by atomic mass is 10.1. The number of hydrogen-bond acceptors (Lipinski definition) is 2. The van der Waals surface area contributed by atoms with Gasteiger partial charge in [-0.2, -0.15) is 11.8 Å². The van der Waals surface area contributed by atoms with Gasteiger partial charge in [-0.3, -0.25) is 4.79 Å². The van der Waals surface area contributed by atoms with Crippen molar-refractivity contribution in [1.82, 2.24) is 4.98 Å². The van der Waals surface area contributed by atoms with Crippen molar-refractivity contribution in [2.45, 2.75) is 13.8 Å². The van der Waals surface area contributed by atoms with Gasteiger partial charge in [-0.05, 0) is 19.2 Å². The van der Waals surface area contributed by atoms with Crippen LogP contribution in [-0.2, 0) is 4.79 Å². The zero-order chi connectivity index (χ0) is 13.1. The molecule has 4 heteroatoms. The minimum Gasteiger partial charge on any atom is -0.357 e. The fourth-order valence-corrected chi connectivity index (χ4v) is 2.66. The SMILES string of the molecule is CSCC(C)C(=O)Nc1c(C)[nH]c2ccccc12. The molecule has 0 spiro atoms. The maximum absolute atomic E-state index is 12.1. The molecule has 0 aliphatic carbocycles. The maximum Gasteiger partial charge on any atom is 0.228 e. The lowest BCUT2D eigenvalue weighted by molar-refractivity contribution is -0.118. The first-order valence-corrected chi connectivity index (χ1v) is 7.40. The number of nitrogens with one attached hydrogen (secondary N) is 2. The fraction of sp³-hybridized carbons (Fsp3) is 0.357. The van der Waals surface area contributed by atoms with Crippen LogP contribution >= 0.6 is 11.8 Å². The zero-order valence-electron chi connectivity index (χ0n) is 10.9. The third kappa shape index (κ3) is 2.53. The van der Waals surface area contributed by atoms with Gasteiger partial charge in [0.2, 0.25) is 5.91 Å². The molecule has 0 aliphatic rings. The van der Waals surface area contributed by atoms with E-state index in [9.17, 15) is 4.79 Å². The van der Waals surface area contributed by atoms with E-state index in [0.29, 0.717) is 0 Å². The number of fused-ring (bicyclic) bond motifs is 1. The van der Waals surface area contributed by atoms with E-state index in [2.05, 4.69) is 10.3 Å². The summed E-state index contributed by atoms with van der Waals surface area (Å²) in [4.78, 5) is 15.3. The second-order valence-electron chi connectivity index (χ2n) is 4.52. The number of aryl methyl sites for hydroxylation is 1. The van der Waals surface area contributed by atoms with Gasteiger partial charge in [-0.25, -0.2) is 0 Å². The maximum atomic E-state index is 12.1. The van der Waals surface area contributed by atoms with E-state index in [4.69, 9.17) is 0 Å². The van der Waals surface area contributed by atoms with E-state index in [1.165, 1.54) is 0 Å². The number of anilines is 1. The topological polar surface area (TPSA) is 44.9 Å². The fourth-order valence-electron chi connectivity index (χ4n) is 2.01. The van der Waals surface area contributed by atoms with Gasteiger partial charge in [0.1, 0.15) is 0 Å². The second-order valence-corrected chi connectivity index (χ2v) is 5.43. The van der Waals surface area contributed by atoms with Crippen LogP contribution in [0, 0.1) is 12.8 Å². The first-order chi connectivity index (χ1) is 8.63. The van der Waals surface area contributed by atoms with Gasteiger partial charge in [0.05, 0.1) is 5.69 Å². The van der Waals surface area contributed by atoms with Gasteiger partial charge in [0.15, 0.2) is 0 Å². The highest BCUT2D eigenvalue weighted by molar-refractivity contribution is 7.98. The Morgan fingerprint density at radius 1 is 1.44 bits per heavy atom. The van der Waals surface area contributed by atoms with Crippen molar-refractivity contribution in [2.24, 2.45) is 5.92 Å². The van der Waals surface area contributed by atoms with Gasteiger partial charge >= 0.3 is 0 Å². The minimum atomic E-state index is 0.0214. The Morgan fingerprint density at radius 2 is 2.17 bits per heavy atom. The Morgan fingerprint density at radius 3 is 2.89 bits per heavy atom. The number of carbonyl (C=O) groups excluding carboxylic acids is 1. The first kappa shape index (κ1) is 13.0. The molecule has 0 saturated heterocycles. The number of rotatable bonds is 4. The molecule has 1 aromatic heterocycles. The Balaban J connectivity index is 2.26. The molecule has 1 heterocycles. The van der Waals surface area contributed by atoms with Crippen molar-refractivity contribution in [3.05, 3.63) is 30.0 Å². The lowest BCUT2D eigenvalue weighted by Gasteiger charge is -2.11. The summed E-state index contributed by atoms with van der Waals surface area (Å²) in [6.45, 7) is 3.94. The number of carbonyl (C=O) groups is 1. The normalized spacial score (nSPS) is 12.6. The molecule has 2 N–H and O–H groups in total. The summed E-state index contributed by atoms with van der Waals surface area (Å²) in [5, 5.41) is 4.10. The highest BCUT2D eigenvalue weighted by Gasteiger charge is 2.15. The Bertz CT molecular complexity index is 562. The number of thioether (sulfide) groups is 1. The summed E-state index contributed by atoms with van der Waals surface area (Å²) >= 11 is 1.69. The Hall–Kier alpha value is -1.42. The lowest BCUT2D eigenvalue weighted by Crippen LogP contribution is -2.22. The summed E-state index contributed by atoms with van der Waals surface area (Å²) in [7, 11) is 0. The summed E-state index contributed by atoms with van der Waals surface area (Å²) in [6, 6.07) is 8.01. The van der Waals surface area contributed by atoms with Gasteiger partial charge in [-0.1, -0.05) is 25.1 Å². The van der Waals surface area contributed by atoms with Crippen LogP contribution in [0.3, 0.4) is 0 Å². The number of aromatic nitrogens is 1. The monoisotopic (exact) mass is 262 g/mol. The molecule has 2 aromatic rings. The van der Waals surface area contributed by atoms with E-state index >= 15 is 0 Å². The van der Waals surface area contributed by atoms with E-state index in [1.54, 1.807) is 11.8 Å². The Kier molecular flexibility index (Phi) is 3.97. The number of H-pyrrole nitrogens is 1. The molecular formula is C14H18N2OS. The third-order valence-corrected chi connectivity index (χ3v) is 3.84. The van der Waals surface area contributed by atoms with E-state index in [0.717, 1.165) is 28.0 Å². The van der Waals surface area contributed by atoms with Crippen molar-refractivity contribution in [1.29, 1.82) is 0 Å². The molecule has 3 nitrogen and oxygen atoms in total. The van der Waals surface area contributed by atoms with Crippen LogP contribution in [0.25, 0.3) is 10.9 Å². The first-order valence-electron chi connectivity index (χ1n) is 6.00. The van der Waals surface area contributed by atoms with Crippen LogP contribution in [0.5, 0.6) is 0 Å². The summed E-state index contributed by atoms with van der Waals surface area (Å²) < 4.78 is 0. The van der Waals surface area contributed by atoms with Crippen LogP contribution in [0.15, 0.2) is 24.3 Å². The minimum absolute atomic E-state index is 0.0214. The van der Waals surface area contributed by atoms with Crippen LogP contribution in [0.1, 0.15) is 12.6 Å². The van der Waals surface area contributed by atoms with Crippen LogP contribution < -0.4 is 5.32 Å². The van der Waals surface area contributed by atoms with Crippen molar-refractivity contribution in [2.75, 3.05) is 17.3 Å². The molecule has 18 heavy (non-hydrogen) atoms. The molecule has 1 aromatic carbocycles. The van der Waals surface area contributed by atoms with Crippen molar-refractivity contribution < 1.29 is 4.79 Å². The molecule has 1 unspecified atom stereocenters. The largest absolute Gasteiger partial charge is 0.357 e. The predicted octanol–water partition coefficient (Wildman–Crippen LogP) is 3.41. The number of aromatic amines is 1. The van der Waals surface area contributed by atoms with Crippen LogP contribution in [0.2, 0.25) is 0 Å². The highest BCUT2D eigenvalue weighted by Crippen LogP contribution is 2.27. The van der Waals surface area contributed by atoms with E-state index in [-0.39, 0.29) is 11.8 Å². The van der Waals surface area contributed by atoms with E-state index in [1.807, 2.05) is 44.4 Å². The van der Waals surface area contributed by atoms with Gasteiger partial charge in [-0.15, -0.1) is 0 Å². The number of para-hydroxylation sites is 1. The number of amides is 1. The molecule has 0 aliphatic heterocycles. The van der Waals surface area contributed by atoms with Crippen LogP contribution in [-0.4, -0.2) is 22.9 Å². The average Bonchev–Trinajstić information content (AvgIpc) is 2.66. The predicted molar refractivity (Wildman–Crippen MR) is 79.2 cm³/mol. The summed E-state index contributed by atoms with van der Waals surface area (Å²) in [6.07, 6.45) is 2.01. The summed E-state index contributed by atoms with van der Waals surface area (Å²) in [5.41, 5.74) is 2.97. The van der Waals surface area contributed by atoms with Crippen molar-refractivity contribution in [3.63, 3.8) is 0 Å². The van der Waals surface area contributed by atoms with Crippen molar-refractivity contribution >= 4 is 34.3 Å². The summed E-state index contributed by atoms with van der Waals surface area (Å²) in [5.74, 6) is 0.943. The third-order valence-electron chi connectivity index (χ3n) is 3.01. The van der Waals surface area contributed by atoms with E-state index < -0.39 is 0 Å².